The average Bonchev–Trinajstić information content (AvgIpc) is 2.77. The number of aryl methyl sites for hydroxylation is 1. The monoisotopic (exact) mass is 262 g/mol. The summed E-state index contributed by atoms with van der Waals surface area (Å²) in [5, 5.41) is 5.24. The zero-order valence-corrected chi connectivity index (χ0v) is 11.0. The van der Waals surface area contributed by atoms with Gasteiger partial charge in [-0.15, -0.1) is 11.3 Å². The lowest BCUT2D eigenvalue weighted by atomic mass is 10.1. The van der Waals surface area contributed by atoms with E-state index in [-0.39, 0.29) is 5.91 Å². The summed E-state index contributed by atoms with van der Waals surface area (Å²) in [6.45, 7) is 1.89. The minimum Gasteiger partial charge on any atom is -0.367 e. The Bertz CT molecular complexity index is 525. The molecule has 0 fully saturated rings. The van der Waals surface area contributed by atoms with Gasteiger partial charge in [0.1, 0.15) is 0 Å². The third kappa shape index (κ3) is 2.94. The summed E-state index contributed by atoms with van der Waals surface area (Å²) in [5.41, 5.74) is 1.72. The molecule has 0 aliphatic rings. The van der Waals surface area contributed by atoms with Crippen molar-refractivity contribution in [2.24, 2.45) is 0 Å². The van der Waals surface area contributed by atoms with Crippen molar-refractivity contribution in [1.29, 1.82) is 0 Å². The van der Waals surface area contributed by atoms with Gasteiger partial charge >= 0.3 is 0 Å². The number of hydrogen-bond donors (Lipinski definition) is 1. The molecule has 5 heteroatoms. The summed E-state index contributed by atoms with van der Waals surface area (Å²) in [6, 6.07) is 9.38. The number of hydrogen-bond acceptors (Lipinski definition) is 4. The molecule has 1 heterocycles. The molecule has 0 spiro atoms. The zero-order valence-electron chi connectivity index (χ0n) is 10.2. The highest BCUT2D eigenvalue weighted by atomic mass is 32.1. The first-order valence-corrected chi connectivity index (χ1v) is 6.39. The molecule has 1 N–H and O–H groups in total. The average molecular weight is 262 g/mol. The number of carbonyl (C=O) groups is 1. The Hall–Kier alpha value is -1.72. The van der Waals surface area contributed by atoms with Gasteiger partial charge in [-0.1, -0.05) is 30.3 Å². The molecular formula is C13H14N2O2S. The van der Waals surface area contributed by atoms with Gasteiger partial charge in [0, 0.05) is 12.5 Å². The van der Waals surface area contributed by atoms with Gasteiger partial charge in [-0.25, -0.2) is 4.98 Å². The Kier molecular flexibility index (Phi) is 4.07. The van der Waals surface area contributed by atoms with E-state index in [4.69, 9.17) is 4.74 Å². The highest BCUT2D eigenvalue weighted by Gasteiger charge is 2.20. The molecule has 2 rings (SSSR count). The Balaban J connectivity index is 2.11. The predicted octanol–water partition coefficient (Wildman–Crippen LogP) is 2.78. The number of nitrogens with one attached hydrogen (secondary N) is 1. The van der Waals surface area contributed by atoms with E-state index in [9.17, 15) is 4.79 Å². The second-order valence-corrected chi connectivity index (χ2v) is 4.67. The maximum atomic E-state index is 12.1. The van der Waals surface area contributed by atoms with Crippen LogP contribution in [-0.4, -0.2) is 18.0 Å². The number of methoxy groups -OCH3 is 1. The summed E-state index contributed by atoms with van der Waals surface area (Å²) >= 11 is 1.40. The van der Waals surface area contributed by atoms with Crippen molar-refractivity contribution >= 4 is 22.4 Å². The molecule has 1 unspecified atom stereocenters. The van der Waals surface area contributed by atoms with Crippen LogP contribution in [0.25, 0.3) is 0 Å². The maximum absolute atomic E-state index is 12.1. The molecule has 0 radical (unpaired) electrons. The molecule has 4 nitrogen and oxygen atoms in total. The van der Waals surface area contributed by atoms with E-state index in [1.54, 1.807) is 0 Å². The van der Waals surface area contributed by atoms with Crippen LogP contribution in [0.15, 0.2) is 35.7 Å². The Labute approximate surface area is 110 Å². The summed E-state index contributed by atoms with van der Waals surface area (Å²) in [7, 11) is 1.52. The van der Waals surface area contributed by atoms with E-state index < -0.39 is 6.10 Å². The molecular weight excluding hydrogens is 248 g/mol. The van der Waals surface area contributed by atoms with Gasteiger partial charge in [-0.2, -0.15) is 0 Å². The van der Waals surface area contributed by atoms with Crippen molar-refractivity contribution in [2.75, 3.05) is 12.4 Å². The first-order valence-electron chi connectivity index (χ1n) is 5.51. The summed E-state index contributed by atoms with van der Waals surface area (Å²) in [4.78, 5) is 16.3. The lowest BCUT2D eigenvalue weighted by molar-refractivity contribution is -0.126. The quantitative estimate of drug-likeness (QED) is 0.921. The normalized spacial score (nSPS) is 12.1. The van der Waals surface area contributed by atoms with Crippen LogP contribution in [0, 0.1) is 6.92 Å². The highest BCUT2D eigenvalue weighted by Crippen LogP contribution is 2.20. The Morgan fingerprint density at radius 3 is 2.67 bits per heavy atom. The van der Waals surface area contributed by atoms with E-state index in [2.05, 4.69) is 10.3 Å². The molecule has 0 saturated carbocycles. The lowest BCUT2D eigenvalue weighted by Gasteiger charge is -2.14. The summed E-state index contributed by atoms with van der Waals surface area (Å²) in [6.07, 6.45) is -0.615. The number of thiazole rings is 1. The van der Waals surface area contributed by atoms with Gasteiger partial charge in [0.25, 0.3) is 5.91 Å². The molecule has 1 atom stereocenters. The van der Waals surface area contributed by atoms with Gasteiger partial charge < -0.3 is 4.74 Å². The van der Waals surface area contributed by atoms with Crippen LogP contribution in [0.2, 0.25) is 0 Å². The van der Waals surface area contributed by atoms with E-state index in [0.717, 1.165) is 11.3 Å². The molecule has 0 bridgehead atoms. The van der Waals surface area contributed by atoms with Gasteiger partial charge in [0.05, 0.1) is 5.69 Å². The second-order valence-electron chi connectivity index (χ2n) is 3.81. The van der Waals surface area contributed by atoms with Crippen molar-refractivity contribution in [2.45, 2.75) is 13.0 Å². The van der Waals surface area contributed by atoms with Gasteiger partial charge in [0.2, 0.25) is 0 Å². The summed E-state index contributed by atoms with van der Waals surface area (Å²) in [5.74, 6) is -0.210. The van der Waals surface area contributed by atoms with Crippen molar-refractivity contribution in [1.82, 2.24) is 4.98 Å². The smallest absolute Gasteiger partial charge is 0.259 e. The number of aromatic nitrogens is 1. The standard InChI is InChI=1S/C13H14N2O2S/c1-9-8-18-13(14-9)15-12(16)11(17-2)10-6-4-3-5-7-10/h3-8,11H,1-2H3,(H,14,15,16). The van der Waals surface area contributed by atoms with Crippen molar-refractivity contribution < 1.29 is 9.53 Å². The topological polar surface area (TPSA) is 51.2 Å². The highest BCUT2D eigenvalue weighted by molar-refractivity contribution is 7.13. The summed E-state index contributed by atoms with van der Waals surface area (Å²) < 4.78 is 5.24. The van der Waals surface area contributed by atoms with Crippen molar-refractivity contribution in [3.63, 3.8) is 0 Å². The molecule has 1 amide bonds. The minimum atomic E-state index is -0.615. The third-order valence-electron chi connectivity index (χ3n) is 2.43. The van der Waals surface area contributed by atoms with Crippen LogP contribution >= 0.6 is 11.3 Å². The number of ether oxygens (including phenoxy) is 1. The molecule has 94 valence electrons. The SMILES string of the molecule is COC(C(=O)Nc1nc(C)cs1)c1ccccc1. The van der Waals surface area contributed by atoms with Gasteiger partial charge in [-0.05, 0) is 12.5 Å². The third-order valence-corrected chi connectivity index (χ3v) is 3.30. The van der Waals surface area contributed by atoms with Crippen LogP contribution < -0.4 is 5.32 Å². The molecule has 2 aromatic rings. The van der Waals surface area contributed by atoms with E-state index in [0.29, 0.717) is 5.13 Å². The zero-order chi connectivity index (χ0) is 13.0. The number of rotatable bonds is 4. The van der Waals surface area contributed by atoms with Crippen LogP contribution in [0.5, 0.6) is 0 Å². The number of nitrogens with zero attached hydrogens (tertiary/aromatic N) is 1. The van der Waals surface area contributed by atoms with Crippen molar-refractivity contribution in [3.05, 3.63) is 47.0 Å². The molecule has 1 aromatic heterocycles. The van der Waals surface area contributed by atoms with E-state index in [1.165, 1.54) is 18.4 Å². The van der Waals surface area contributed by atoms with E-state index >= 15 is 0 Å². The number of anilines is 1. The predicted molar refractivity (Wildman–Crippen MR) is 71.7 cm³/mol. The minimum absolute atomic E-state index is 0.210. The number of carbonyl (C=O) groups excluding carboxylic acids is 1. The number of amides is 1. The fourth-order valence-electron chi connectivity index (χ4n) is 1.60. The molecule has 1 aromatic carbocycles. The van der Waals surface area contributed by atoms with Crippen LogP contribution in [-0.2, 0) is 9.53 Å². The molecule has 18 heavy (non-hydrogen) atoms. The fourth-order valence-corrected chi connectivity index (χ4v) is 2.30. The first-order chi connectivity index (χ1) is 8.70. The first kappa shape index (κ1) is 12.7. The second kappa shape index (κ2) is 5.75. The lowest BCUT2D eigenvalue weighted by Crippen LogP contribution is -2.22. The Morgan fingerprint density at radius 2 is 2.11 bits per heavy atom. The molecule has 0 saturated heterocycles. The van der Waals surface area contributed by atoms with Crippen LogP contribution in [0.4, 0.5) is 5.13 Å². The number of benzene rings is 1. The van der Waals surface area contributed by atoms with Gasteiger partial charge in [0.15, 0.2) is 11.2 Å². The largest absolute Gasteiger partial charge is 0.367 e. The Morgan fingerprint density at radius 1 is 1.39 bits per heavy atom. The maximum Gasteiger partial charge on any atom is 0.259 e. The van der Waals surface area contributed by atoms with Crippen LogP contribution in [0.3, 0.4) is 0 Å². The van der Waals surface area contributed by atoms with Crippen molar-refractivity contribution in [3.8, 4) is 0 Å². The molecule has 0 aliphatic carbocycles. The molecule has 0 aliphatic heterocycles. The van der Waals surface area contributed by atoms with Crippen LogP contribution in [0.1, 0.15) is 17.4 Å². The van der Waals surface area contributed by atoms with E-state index in [1.807, 2.05) is 42.6 Å². The van der Waals surface area contributed by atoms with Gasteiger partial charge in [-0.3, -0.25) is 10.1 Å². The fraction of sp³-hybridized carbons (Fsp3) is 0.231.